The quantitative estimate of drug-likeness (QED) is 0.721. The number of furan rings is 1. The minimum Gasteiger partial charge on any atom is -0.449 e. The molecule has 2 aromatic heterocycles. The van der Waals surface area contributed by atoms with Crippen molar-refractivity contribution in [3.8, 4) is 0 Å². The maximum Gasteiger partial charge on any atom is 0.291 e. The fourth-order valence-corrected chi connectivity index (χ4v) is 3.43. The highest BCUT2D eigenvalue weighted by molar-refractivity contribution is 7.10. The van der Waals surface area contributed by atoms with Gasteiger partial charge in [0, 0.05) is 23.4 Å². The van der Waals surface area contributed by atoms with E-state index in [1.807, 2.05) is 49.6 Å². The fraction of sp³-hybridized carbons (Fsp3) is 0.263. The lowest BCUT2D eigenvalue weighted by Gasteiger charge is -2.17. The van der Waals surface area contributed by atoms with Gasteiger partial charge in [-0.25, -0.2) is 0 Å². The monoisotopic (exact) mass is 356 g/mol. The van der Waals surface area contributed by atoms with Gasteiger partial charge in [0.25, 0.3) is 5.91 Å². The third kappa shape index (κ3) is 3.58. The number of carbonyl (C=O) groups excluding carboxylic acids is 2. The molecule has 6 heteroatoms. The van der Waals surface area contributed by atoms with Crippen molar-refractivity contribution in [2.75, 3.05) is 18.4 Å². The number of amides is 2. The molecule has 0 aliphatic heterocycles. The summed E-state index contributed by atoms with van der Waals surface area (Å²) in [7, 11) is 0. The van der Waals surface area contributed by atoms with E-state index in [1.54, 1.807) is 11.0 Å². The summed E-state index contributed by atoms with van der Waals surface area (Å²) in [5, 5.41) is 5.55. The highest BCUT2D eigenvalue weighted by Gasteiger charge is 2.25. The first-order chi connectivity index (χ1) is 12.1. The molecule has 0 spiro atoms. The molecular weight excluding hydrogens is 336 g/mol. The van der Waals surface area contributed by atoms with E-state index in [1.165, 1.54) is 11.3 Å². The van der Waals surface area contributed by atoms with Crippen LogP contribution in [0.3, 0.4) is 0 Å². The first-order valence-electron chi connectivity index (χ1n) is 8.27. The van der Waals surface area contributed by atoms with Crippen LogP contribution in [0.2, 0.25) is 0 Å². The van der Waals surface area contributed by atoms with E-state index in [2.05, 4.69) is 5.32 Å². The third-order valence-corrected chi connectivity index (χ3v) is 4.90. The van der Waals surface area contributed by atoms with Gasteiger partial charge in [0.2, 0.25) is 11.7 Å². The summed E-state index contributed by atoms with van der Waals surface area (Å²) in [5.74, 6) is -0.195. The van der Waals surface area contributed by atoms with Crippen molar-refractivity contribution >= 4 is 39.8 Å². The molecule has 0 saturated heterocycles. The van der Waals surface area contributed by atoms with Gasteiger partial charge in [0.15, 0.2) is 0 Å². The van der Waals surface area contributed by atoms with Crippen molar-refractivity contribution in [2.24, 2.45) is 0 Å². The number of rotatable bonds is 6. The molecule has 3 rings (SSSR count). The molecule has 5 nitrogen and oxygen atoms in total. The van der Waals surface area contributed by atoms with Gasteiger partial charge in [0.05, 0.1) is 6.42 Å². The zero-order valence-corrected chi connectivity index (χ0v) is 15.1. The Kier molecular flexibility index (Phi) is 5.19. The zero-order chi connectivity index (χ0) is 17.8. The summed E-state index contributed by atoms with van der Waals surface area (Å²) in [6.45, 7) is 4.99. The van der Waals surface area contributed by atoms with Crippen LogP contribution in [-0.2, 0) is 11.2 Å². The summed E-state index contributed by atoms with van der Waals surface area (Å²) < 4.78 is 5.78. The van der Waals surface area contributed by atoms with E-state index < -0.39 is 0 Å². The number of carbonyl (C=O) groups is 2. The van der Waals surface area contributed by atoms with Gasteiger partial charge < -0.3 is 14.6 Å². The van der Waals surface area contributed by atoms with Crippen LogP contribution < -0.4 is 5.32 Å². The molecule has 2 heterocycles. The second-order valence-electron chi connectivity index (χ2n) is 5.58. The lowest BCUT2D eigenvalue weighted by molar-refractivity contribution is -0.115. The van der Waals surface area contributed by atoms with Crippen LogP contribution in [0.5, 0.6) is 0 Å². The fourth-order valence-electron chi connectivity index (χ4n) is 2.73. The minimum absolute atomic E-state index is 0.164. The standard InChI is InChI=1S/C19H20N2O3S/c1-3-21(4-2)19(23)18-17(14-9-5-6-10-15(14)24-18)20-16(22)12-13-8-7-11-25-13/h5-11H,3-4,12H2,1-2H3,(H,20,22). The molecule has 3 aromatic rings. The number of benzene rings is 1. The predicted octanol–water partition coefficient (Wildman–Crippen LogP) is 4.16. The van der Waals surface area contributed by atoms with Crippen molar-refractivity contribution in [1.29, 1.82) is 0 Å². The second-order valence-corrected chi connectivity index (χ2v) is 6.62. The number of nitrogens with zero attached hydrogens (tertiary/aromatic N) is 1. The Morgan fingerprint density at radius 1 is 1.12 bits per heavy atom. The van der Waals surface area contributed by atoms with Gasteiger partial charge in [-0.2, -0.15) is 0 Å². The Morgan fingerprint density at radius 3 is 2.56 bits per heavy atom. The minimum atomic E-state index is -0.215. The van der Waals surface area contributed by atoms with Gasteiger partial charge in [-0.3, -0.25) is 9.59 Å². The van der Waals surface area contributed by atoms with E-state index in [0.29, 0.717) is 24.4 Å². The molecule has 0 atom stereocenters. The molecule has 0 bridgehead atoms. The van der Waals surface area contributed by atoms with Crippen molar-refractivity contribution in [3.63, 3.8) is 0 Å². The maximum atomic E-state index is 12.8. The molecule has 25 heavy (non-hydrogen) atoms. The molecule has 0 saturated carbocycles. The van der Waals surface area contributed by atoms with E-state index in [0.717, 1.165) is 10.3 Å². The third-order valence-electron chi connectivity index (χ3n) is 4.02. The highest BCUT2D eigenvalue weighted by atomic mass is 32.1. The van der Waals surface area contributed by atoms with Crippen LogP contribution in [-0.4, -0.2) is 29.8 Å². The van der Waals surface area contributed by atoms with Crippen LogP contribution in [0.25, 0.3) is 11.0 Å². The van der Waals surface area contributed by atoms with Gasteiger partial charge in [-0.1, -0.05) is 18.2 Å². The molecule has 2 amide bonds. The number of anilines is 1. The smallest absolute Gasteiger partial charge is 0.291 e. The SMILES string of the molecule is CCN(CC)C(=O)c1oc2ccccc2c1NC(=O)Cc1cccs1. The van der Waals surface area contributed by atoms with Crippen molar-refractivity contribution < 1.29 is 14.0 Å². The predicted molar refractivity (Wildman–Crippen MR) is 100 cm³/mol. The number of nitrogens with one attached hydrogen (secondary N) is 1. The van der Waals surface area contributed by atoms with Gasteiger partial charge in [0.1, 0.15) is 11.3 Å². The molecule has 130 valence electrons. The molecule has 0 aliphatic carbocycles. The van der Waals surface area contributed by atoms with Crippen molar-refractivity contribution in [3.05, 3.63) is 52.4 Å². The first-order valence-corrected chi connectivity index (χ1v) is 9.15. The van der Waals surface area contributed by atoms with Crippen LogP contribution in [0, 0.1) is 0 Å². The first kappa shape index (κ1) is 17.2. The summed E-state index contributed by atoms with van der Waals surface area (Å²) in [5.41, 5.74) is 1.04. The van der Waals surface area contributed by atoms with Crippen LogP contribution in [0.4, 0.5) is 5.69 Å². The lowest BCUT2D eigenvalue weighted by Crippen LogP contribution is -2.31. The Hall–Kier alpha value is -2.60. The van der Waals surface area contributed by atoms with E-state index in [9.17, 15) is 9.59 Å². The van der Waals surface area contributed by atoms with E-state index in [-0.39, 0.29) is 24.0 Å². The van der Waals surface area contributed by atoms with Gasteiger partial charge >= 0.3 is 0 Å². The zero-order valence-electron chi connectivity index (χ0n) is 14.2. The molecule has 1 N–H and O–H groups in total. The van der Waals surface area contributed by atoms with E-state index >= 15 is 0 Å². The Morgan fingerprint density at radius 2 is 1.88 bits per heavy atom. The number of para-hydroxylation sites is 1. The number of hydrogen-bond acceptors (Lipinski definition) is 4. The molecule has 0 radical (unpaired) electrons. The Bertz CT molecular complexity index is 879. The van der Waals surface area contributed by atoms with Crippen LogP contribution in [0.15, 0.2) is 46.2 Å². The molecule has 0 aliphatic rings. The van der Waals surface area contributed by atoms with Crippen LogP contribution >= 0.6 is 11.3 Å². The summed E-state index contributed by atoms with van der Waals surface area (Å²) >= 11 is 1.53. The maximum absolute atomic E-state index is 12.8. The number of hydrogen-bond donors (Lipinski definition) is 1. The second kappa shape index (κ2) is 7.53. The number of fused-ring (bicyclic) bond motifs is 1. The average Bonchev–Trinajstić information content (AvgIpc) is 3.24. The molecule has 1 aromatic carbocycles. The highest BCUT2D eigenvalue weighted by Crippen LogP contribution is 2.32. The van der Waals surface area contributed by atoms with Gasteiger partial charge in [-0.05, 0) is 37.4 Å². The largest absolute Gasteiger partial charge is 0.449 e. The van der Waals surface area contributed by atoms with Gasteiger partial charge in [-0.15, -0.1) is 11.3 Å². The Balaban J connectivity index is 1.95. The molecule has 0 fully saturated rings. The number of thiophene rings is 1. The van der Waals surface area contributed by atoms with Crippen molar-refractivity contribution in [1.82, 2.24) is 4.90 Å². The van der Waals surface area contributed by atoms with Crippen molar-refractivity contribution in [2.45, 2.75) is 20.3 Å². The van der Waals surface area contributed by atoms with E-state index in [4.69, 9.17) is 4.42 Å². The summed E-state index contributed by atoms with van der Waals surface area (Å²) in [6.07, 6.45) is 0.274. The lowest BCUT2D eigenvalue weighted by atomic mass is 10.2. The van der Waals surface area contributed by atoms with Crippen LogP contribution in [0.1, 0.15) is 29.3 Å². The normalized spacial score (nSPS) is 10.8. The average molecular weight is 356 g/mol. The molecule has 0 unspecified atom stereocenters. The summed E-state index contributed by atoms with van der Waals surface area (Å²) in [4.78, 5) is 27.9. The molecular formula is C19H20N2O3S. The Labute approximate surface area is 150 Å². The topological polar surface area (TPSA) is 62.6 Å². The summed E-state index contributed by atoms with van der Waals surface area (Å²) in [6, 6.07) is 11.2.